The molecular weight excluding hydrogens is 428 g/mol. The molecule has 3 aromatic rings. The Labute approximate surface area is 188 Å². The van der Waals surface area contributed by atoms with Gasteiger partial charge in [-0.25, -0.2) is 0 Å². The van der Waals surface area contributed by atoms with E-state index in [-0.39, 0.29) is 5.75 Å². The molecule has 1 aromatic heterocycles. The maximum absolute atomic E-state index is 11.2. The molecule has 1 aliphatic rings. The Morgan fingerprint density at radius 1 is 1.06 bits per heavy atom. The third-order valence-corrected chi connectivity index (χ3v) is 7.33. The number of nitrogens with zero attached hydrogens (tertiary/aromatic N) is 2. The molecule has 162 valence electrons. The molecule has 0 aliphatic carbocycles. The molecule has 0 atom stereocenters. The molecule has 0 spiro atoms. The van der Waals surface area contributed by atoms with Gasteiger partial charge in [0.1, 0.15) is 6.54 Å². The van der Waals surface area contributed by atoms with Crippen LogP contribution in [-0.4, -0.2) is 25.3 Å². The molecule has 5 nitrogen and oxygen atoms in total. The first-order valence-electron chi connectivity index (χ1n) is 10.6. The molecule has 2 heterocycles. The summed E-state index contributed by atoms with van der Waals surface area (Å²) in [6, 6.07) is 18.7. The average molecular weight is 456 g/mol. The summed E-state index contributed by atoms with van der Waals surface area (Å²) in [4.78, 5) is 3.30. The van der Waals surface area contributed by atoms with Gasteiger partial charge in [0.15, 0.2) is 6.20 Å². The molecule has 1 aliphatic heterocycles. The number of benzene rings is 2. The third kappa shape index (κ3) is 5.11. The zero-order valence-corrected chi connectivity index (χ0v) is 19.2. The van der Waals surface area contributed by atoms with Crippen LogP contribution in [0.15, 0.2) is 70.7 Å². The number of aromatic nitrogens is 1. The van der Waals surface area contributed by atoms with Crippen molar-refractivity contribution in [1.29, 1.82) is 0 Å². The largest absolute Gasteiger partial charge is 0.335 e. The summed E-state index contributed by atoms with van der Waals surface area (Å²) in [6.07, 6.45) is 6.99. The molecular formula is C24H27N2O3S2+. The normalized spacial score (nSPS) is 15.0. The van der Waals surface area contributed by atoms with Crippen LogP contribution in [0.4, 0.5) is 5.69 Å². The van der Waals surface area contributed by atoms with Gasteiger partial charge in [0.25, 0.3) is 10.1 Å². The zero-order valence-electron chi connectivity index (χ0n) is 17.6. The highest BCUT2D eigenvalue weighted by molar-refractivity contribution is 8.03. The smallest absolute Gasteiger partial charge is 0.264 e. The summed E-state index contributed by atoms with van der Waals surface area (Å²) in [7, 11) is -3.97. The van der Waals surface area contributed by atoms with Crippen LogP contribution in [0.2, 0.25) is 0 Å². The van der Waals surface area contributed by atoms with E-state index in [9.17, 15) is 8.42 Å². The molecule has 0 radical (unpaired) electrons. The van der Waals surface area contributed by atoms with Crippen LogP contribution in [0.1, 0.15) is 31.7 Å². The molecule has 4 rings (SSSR count). The van der Waals surface area contributed by atoms with E-state index in [2.05, 4.69) is 71.1 Å². The van der Waals surface area contributed by atoms with Crippen LogP contribution < -0.4 is 9.47 Å². The Kier molecular flexibility index (Phi) is 6.65. The fraction of sp³-hybridized carbons (Fsp3) is 0.292. The molecule has 0 unspecified atom stereocenters. The van der Waals surface area contributed by atoms with Gasteiger partial charge in [0.05, 0.1) is 21.9 Å². The van der Waals surface area contributed by atoms with Crippen LogP contribution in [0.3, 0.4) is 0 Å². The van der Waals surface area contributed by atoms with E-state index in [0.29, 0.717) is 13.0 Å². The third-order valence-electron chi connectivity index (χ3n) is 5.41. The molecule has 31 heavy (non-hydrogen) atoms. The first-order chi connectivity index (χ1) is 15.0. The second kappa shape index (κ2) is 9.42. The Morgan fingerprint density at radius 3 is 2.65 bits per heavy atom. The van der Waals surface area contributed by atoms with E-state index >= 15 is 0 Å². The van der Waals surface area contributed by atoms with E-state index in [4.69, 9.17) is 4.55 Å². The van der Waals surface area contributed by atoms with Gasteiger partial charge < -0.3 is 4.90 Å². The lowest BCUT2D eigenvalue weighted by molar-refractivity contribution is -0.671. The number of thioether (sulfide) groups is 1. The van der Waals surface area contributed by atoms with Gasteiger partial charge >= 0.3 is 0 Å². The molecule has 1 N–H and O–H groups in total. The molecule has 0 fully saturated rings. The fourth-order valence-electron chi connectivity index (χ4n) is 3.89. The Hall–Kier alpha value is -2.35. The maximum atomic E-state index is 11.2. The van der Waals surface area contributed by atoms with Crippen molar-refractivity contribution in [3.8, 4) is 0 Å². The summed E-state index contributed by atoms with van der Waals surface area (Å²) < 4.78 is 33.8. The van der Waals surface area contributed by atoms with Gasteiger partial charge in [0.2, 0.25) is 5.52 Å². The van der Waals surface area contributed by atoms with Crippen molar-refractivity contribution in [1.82, 2.24) is 0 Å². The fourth-order valence-corrected chi connectivity index (χ4v) is 5.52. The second-order valence-electron chi connectivity index (χ2n) is 7.68. The molecule has 0 bridgehead atoms. The minimum atomic E-state index is -3.97. The van der Waals surface area contributed by atoms with Gasteiger partial charge in [-0.15, -0.1) is 0 Å². The van der Waals surface area contributed by atoms with Crippen LogP contribution in [0, 0.1) is 0 Å². The number of aryl methyl sites for hydroxylation is 1. The van der Waals surface area contributed by atoms with E-state index < -0.39 is 10.1 Å². The number of fused-ring (bicyclic) bond motifs is 2. The van der Waals surface area contributed by atoms with Gasteiger partial charge in [0, 0.05) is 30.0 Å². The standard InChI is InChI=1S/C24H26N2O3S2/c1-2-3-14-25-16-13-19(20-9-4-5-10-21(20)25)18-24-26(15-8-17-31(27,28)29)22-11-6-7-12-23(22)30-24/h4-7,9-13,16,18H,2-3,8,14-15,17H2,1H3/p+1. The quantitative estimate of drug-likeness (QED) is 0.377. The monoisotopic (exact) mass is 455 g/mol. The van der Waals surface area contributed by atoms with Crippen molar-refractivity contribution in [2.75, 3.05) is 17.2 Å². The average Bonchev–Trinajstić information content (AvgIpc) is 3.09. The minimum absolute atomic E-state index is 0.241. The van der Waals surface area contributed by atoms with Crippen molar-refractivity contribution < 1.29 is 17.5 Å². The molecule has 0 saturated carbocycles. The summed E-state index contributed by atoms with van der Waals surface area (Å²) in [5, 5.41) is 2.26. The van der Waals surface area contributed by atoms with Crippen LogP contribution in [0.25, 0.3) is 17.0 Å². The minimum Gasteiger partial charge on any atom is -0.335 e. The Balaban J connectivity index is 1.70. The highest BCUT2D eigenvalue weighted by atomic mass is 32.2. The number of unbranched alkanes of at least 4 members (excludes halogenated alkanes) is 1. The van der Waals surface area contributed by atoms with Crippen molar-refractivity contribution in [2.45, 2.75) is 37.6 Å². The molecule has 2 aromatic carbocycles. The topological polar surface area (TPSA) is 61.5 Å². The number of anilines is 1. The number of para-hydroxylation sites is 2. The van der Waals surface area contributed by atoms with E-state index in [1.807, 2.05) is 12.1 Å². The van der Waals surface area contributed by atoms with Gasteiger partial charge in [-0.2, -0.15) is 13.0 Å². The number of pyridine rings is 1. The predicted octanol–water partition coefficient (Wildman–Crippen LogP) is 5.12. The van der Waals surface area contributed by atoms with Crippen molar-refractivity contribution in [2.24, 2.45) is 0 Å². The van der Waals surface area contributed by atoms with Crippen molar-refractivity contribution in [3.63, 3.8) is 0 Å². The van der Waals surface area contributed by atoms with Gasteiger partial charge in [-0.1, -0.05) is 49.4 Å². The van der Waals surface area contributed by atoms with Crippen LogP contribution in [-0.2, 0) is 16.7 Å². The summed E-state index contributed by atoms with van der Waals surface area (Å²) in [5.41, 5.74) is 3.43. The van der Waals surface area contributed by atoms with Crippen molar-refractivity contribution >= 4 is 44.5 Å². The molecule has 0 saturated heterocycles. The Morgan fingerprint density at radius 2 is 1.84 bits per heavy atom. The highest BCUT2D eigenvalue weighted by Gasteiger charge is 2.25. The lowest BCUT2D eigenvalue weighted by Crippen LogP contribution is -2.34. The summed E-state index contributed by atoms with van der Waals surface area (Å²) >= 11 is 1.69. The van der Waals surface area contributed by atoms with Crippen molar-refractivity contribution in [3.05, 3.63) is 71.4 Å². The molecule has 7 heteroatoms. The zero-order chi connectivity index (χ0) is 21.8. The van der Waals surface area contributed by atoms with E-state index in [0.717, 1.165) is 40.6 Å². The summed E-state index contributed by atoms with van der Waals surface area (Å²) in [5.74, 6) is -0.241. The van der Waals surface area contributed by atoms with Gasteiger partial charge in [-0.3, -0.25) is 4.55 Å². The van der Waals surface area contributed by atoms with E-state index in [1.54, 1.807) is 11.8 Å². The number of hydrogen-bond acceptors (Lipinski definition) is 4. The maximum Gasteiger partial charge on any atom is 0.264 e. The molecule has 0 amide bonds. The first kappa shape index (κ1) is 21.9. The van der Waals surface area contributed by atoms with Crippen LogP contribution >= 0.6 is 11.8 Å². The van der Waals surface area contributed by atoms with Crippen LogP contribution in [0.5, 0.6) is 0 Å². The first-order valence-corrected chi connectivity index (χ1v) is 13.0. The highest BCUT2D eigenvalue weighted by Crippen LogP contribution is 2.46. The lowest BCUT2D eigenvalue weighted by atomic mass is 10.1. The van der Waals surface area contributed by atoms with E-state index in [1.165, 1.54) is 10.9 Å². The second-order valence-corrected chi connectivity index (χ2v) is 10.3. The van der Waals surface area contributed by atoms with Gasteiger partial charge in [-0.05, 0) is 36.3 Å². The predicted molar refractivity (Wildman–Crippen MR) is 128 cm³/mol. The SMILES string of the molecule is CCCC[n+]1ccc(/C=C2\Sc3ccccc3N2CCCS(=O)(=O)O)c2ccccc21. The summed E-state index contributed by atoms with van der Waals surface area (Å²) in [6.45, 7) is 3.72. The Bertz CT molecular complexity index is 1220. The number of rotatable bonds is 8. The number of hydrogen-bond donors (Lipinski definition) is 1. The lowest BCUT2D eigenvalue weighted by Gasteiger charge is -2.20.